The molecule has 3 aliphatic carbocycles. The zero-order valence-electron chi connectivity index (χ0n) is 20.0. The van der Waals surface area contributed by atoms with E-state index < -0.39 is 18.1 Å². The number of alkyl carbamates (subject to hydrolysis) is 1. The summed E-state index contributed by atoms with van der Waals surface area (Å²) in [5, 5.41) is 11.9. The van der Waals surface area contributed by atoms with Crippen LogP contribution in [0.3, 0.4) is 0 Å². The van der Waals surface area contributed by atoms with Crippen molar-refractivity contribution in [3.05, 3.63) is 59.7 Å². The highest BCUT2D eigenvalue weighted by Crippen LogP contribution is 2.59. The molecule has 0 heterocycles. The highest BCUT2D eigenvalue weighted by molar-refractivity contribution is 5.86. The number of fused-ring (bicyclic) bond motifs is 3. The van der Waals surface area contributed by atoms with Gasteiger partial charge in [0.1, 0.15) is 12.6 Å². The number of carbonyl (C=O) groups excluding carboxylic acids is 2. The summed E-state index contributed by atoms with van der Waals surface area (Å²) in [6.45, 7) is 0.140. The second-order valence-electron chi connectivity index (χ2n) is 10.2. The Balaban J connectivity index is 1.26. The second-order valence-corrected chi connectivity index (χ2v) is 10.2. The van der Waals surface area contributed by atoms with Crippen LogP contribution in [0.5, 0.6) is 0 Å². The molecule has 2 saturated carbocycles. The maximum Gasteiger partial charge on any atom is 0.407 e. The number of hydrogen-bond acceptors (Lipinski definition) is 4. The van der Waals surface area contributed by atoms with Gasteiger partial charge >= 0.3 is 12.1 Å². The van der Waals surface area contributed by atoms with Crippen LogP contribution in [0, 0.1) is 5.41 Å². The quantitative estimate of drug-likeness (QED) is 0.583. The molecule has 2 aromatic rings. The molecule has 2 amide bonds. The van der Waals surface area contributed by atoms with E-state index in [9.17, 15) is 19.5 Å². The molecular weight excluding hydrogens is 444 g/mol. The third-order valence-electron chi connectivity index (χ3n) is 8.15. The predicted octanol–water partition coefficient (Wildman–Crippen LogP) is 4.55. The molecule has 5 rings (SSSR count). The Labute approximate surface area is 205 Å². The van der Waals surface area contributed by atoms with Crippen LogP contribution in [0.4, 0.5) is 4.79 Å². The van der Waals surface area contributed by atoms with E-state index in [1.54, 1.807) is 11.9 Å². The van der Waals surface area contributed by atoms with Gasteiger partial charge in [-0.1, -0.05) is 55.0 Å². The molecule has 184 valence electrons. The number of benzene rings is 2. The number of carbonyl (C=O) groups is 3. The summed E-state index contributed by atoms with van der Waals surface area (Å²) in [7, 11) is 1.78. The Kier molecular flexibility index (Phi) is 6.26. The van der Waals surface area contributed by atoms with Crippen LogP contribution in [-0.4, -0.2) is 53.7 Å². The van der Waals surface area contributed by atoms with Crippen molar-refractivity contribution in [3.63, 3.8) is 0 Å². The molecule has 2 fully saturated rings. The Hall–Kier alpha value is -3.35. The standard InChI is InChI=1S/C28H32N2O5/c1-30(24-11-6-14-28(24)15-16-28)26(33)23(12-13-25(31)32)29-27(34)35-17-22-20-9-4-2-7-18(20)19-8-3-5-10-21(19)22/h2-5,7-10,22-24H,6,11-17H2,1H3,(H,29,34)(H,31,32). The Morgan fingerprint density at radius 3 is 2.29 bits per heavy atom. The smallest absolute Gasteiger partial charge is 0.407 e. The number of carboxylic acids is 1. The number of amides is 2. The van der Waals surface area contributed by atoms with Crippen molar-refractivity contribution in [1.82, 2.24) is 10.2 Å². The molecule has 2 N–H and O–H groups in total. The first-order valence-corrected chi connectivity index (χ1v) is 12.5. The number of nitrogens with one attached hydrogen (secondary N) is 1. The van der Waals surface area contributed by atoms with Crippen LogP contribution in [0.25, 0.3) is 11.1 Å². The molecule has 0 aromatic heterocycles. The van der Waals surface area contributed by atoms with E-state index in [0.29, 0.717) is 0 Å². The van der Waals surface area contributed by atoms with E-state index in [1.807, 2.05) is 36.4 Å². The maximum atomic E-state index is 13.3. The normalized spacial score (nSPS) is 20.1. The summed E-state index contributed by atoms with van der Waals surface area (Å²) >= 11 is 0. The topological polar surface area (TPSA) is 95.9 Å². The summed E-state index contributed by atoms with van der Waals surface area (Å²) in [6, 6.07) is 15.4. The minimum absolute atomic E-state index is 0.0302. The monoisotopic (exact) mass is 476 g/mol. The number of nitrogens with zero attached hydrogens (tertiary/aromatic N) is 1. The number of rotatable bonds is 8. The molecule has 35 heavy (non-hydrogen) atoms. The van der Waals surface area contributed by atoms with Crippen LogP contribution in [0.1, 0.15) is 62.0 Å². The zero-order valence-corrected chi connectivity index (χ0v) is 20.0. The number of hydrogen-bond donors (Lipinski definition) is 2. The van der Waals surface area contributed by atoms with Crippen LogP contribution >= 0.6 is 0 Å². The first kappa shape index (κ1) is 23.4. The summed E-state index contributed by atoms with van der Waals surface area (Å²) in [6.07, 6.45) is 4.59. The highest BCUT2D eigenvalue weighted by Gasteiger charge is 2.54. The van der Waals surface area contributed by atoms with Crippen LogP contribution < -0.4 is 5.32 Å². The number of ether oxygens (including phenoxy) is 1. The largest absolute Gasteiger partial charge is 0.481 e. The third kappa shape index (κ3) is 4.51. The lowest BCUT2D eigenvalue weighted by atomic mass is 9.98. The minimum Gasteiger partial charge on any atom is -0.481 e. The first-order chi connectivity index (χ1) is 16.9. The van der Waals surface area contributed by atoms with E-state index in [4.69, 9.17) is 4.74 Å². The van der Waals surface area contributed by atoms with Gasteiger partial charge in [0.15, 0.2) is 0 Å². The summed E-state index contributed by atoms with van der Waals surface area (Å²) < 4.78 is 5.62. The van der Waals surface area contributed by atoms with Gasteiger partial charge in [-0.2, -0.15) is 0 Å². The van der Waals surface area contributed by atoms with Gasteiger partial charge < -0.3 is 20.1 Å². The fourth-order valence-corrected chi connectivity index (χ4v) is 6.18. The average Bonchev–Trinajstić information content (AvgIpc) is 3.40. The average molecular weight is 477 g/mol. The van der Waals surface area contributed by atoms with Crippen LogP contribution in [0.15, 0.2) is 48.5 Å². The van der Waals surface area contributed by atoms with Crippen LogP contribution in [0.2, 0.25) is 0 Å². The lowest BCUT2D eigenvalue weighted by molar-refractivity contribution is -0.138. The lowest BCUT2D eigenvalue weighted by Gasteiger charge is -2.33. The van der Waals surface area contributed by atoms with Crippen molar-refractivity contribution in [2.24, 2.45) is 5.41 Å². The molecule has 7 heteroatoms. The molecule has 2 unspecified atom stereocenters. The van der Waals surface area contributed by atoms with E-state index in [0.717, 1.165) is 54.4 Å². The van der Waals surface area contributed by atoms with E-state index in [2.05, 4.69) is 17.4 Å². The van der Waals surface area contributed by atoms with Gasteiger partial charge in [-0.15, -0.1) is 0 Å². The van der Waals surface area contributed by atoms with Crippen molar-refractivity contribution in [2.45, 2.75) is 62.9 Å². The summed E-state index contributed by atoms with van der Waals surface area (Å²) in [5.41, 5.74) is 4.72. The molecule has 0 bridgehead atoms. The van der Waals surface area contributed by atoms with Crippen molar-refractivity contribution in [2.75, 3.05) is 13.7 Å². The molecule has 0 aliphatic heterocycles. The van der Waals surface area contributed by atoms with E-state index in [1.165, 1.54) is 0 Å². The summed E-state index contributed by atoms with van der Waals surface area (Å²) in [4.78, 5) is 39.1. The fraction of sp³-hybridized carbons (Fsp3) is 0.464. The lowest BCUT2D eigenvalue weighted by Crippen LogP contribution is -2.51. The van der Waals surface area contributed by atoms with Crippen LogP contribution in [-0.2, 0) is 14.3 Å². The highest BCUT2D eigenvalue weighted by atomic mass is 16.5. The van der Waals surface area contributed by atoms with Gasteiger partial charge in [-0.3, -0.25) is 9.59 Å². The molecule has 0 saturated heterocycles. The minimum atomic E-state index is -1.00. The van der Waals surface area contributed by atoms with Gasteiger partial charge in [0.05, 0.1) is 0 Å². The van der Waals surface area contributed by atoms with Crippen molar-refractivity contribution in [1.29, 1.82) is 0 Å². The van der Waals surface area contributed by atoms with Gasteiger partial charge in [0, 0.05) is 25.4 Å². The molecule has 7 nitrogen and oxygen atoms in total. The number of likely N-dealkylation sites (N-methyl/N-ethyl adjacent to an activating group) is 1. The van der Waals surface area contributed by atoms with Crippen molar-refractivity contribution >= 4 is 18.0 Å². The molecule has 2 aromatic carbocycles. The molecule has 0 radical (unpaired) electrons. The number of carboxylic acid groups (broad SMARTS) is 1. The maximum absolute atomic E-state index is 13.3. The number of aliphatic carboxylic acids is 1. The SMILES string of the molecule is CN(C(=O)C(CCC(=O)O)NC(=O)OCC1c2ccccc2-c2ccccc21)C1CCCC12CC2. The van der Waals surface area contributed by atoms with E-state index in [-0.39, 0.29) is 42.7 Å². The van der Waals surface area contributed by atoms with Crippen molar-refractivity contribution in [3.8, 4) is 11.1 Å². The second kappa shape index (κ2) is 9.36. The molecule has 2 atom stereocenters. The zero-order chi connectivity index (χ0) is 24.6. The molecular formula is C28H32N2O5. The van der Waals surface area contributed by atoms with Gasteiger partial charge in [0.2, 0.25) is 5.91 Å². The van der Waals surface area contributed by atoms with E-state index >= 15 is 0 Å². The third-order valence-corrected chi connectivity index (χ3v) is 8.15. The Bertz CT molecular complexity index is 1100. The fourth-order valence-electron chi connectivity index (χ4n) is 6.18. The molecule has 3 aliphatic rings. The van der Waals surface area contributed by atoms with Crippen molar-refractivity contribution < 1.29 is 24.2 Å². The Morgan fingerprint density at radius 2 is 1.69 bits per heavy atom. The predicted molar refractivity (Wildman–Crippen MR) is 131 cm³/mol. The first-order valence-electron chi connectivity index (χ1n) is 12.5. The molecule has 1 spiro atoms. The van der Waals surface area contributed by atoms with Gasteiger partial charge in [-0.25, -0.2) is 4.79 Å². The van der Waals surface area contributed by atoms with Gasteiger partial charge in [0.25, 0.3) is 0 Å². The Morgan fingerprint density at radius 1 is 1.06 bits per heavy atom. The van der Waals surface area contributed by atoms with Gasteiger partial charge in [-0.05, 0) is 59.8 Å². The summed E-state index contributed by atoms with van der Waals surface area (Å²) in [5.74, 6) is -1.32.